The zero-order valence-electron chi connectivity index (χ0n) is 12.6. The van der Waals surface area contributed by atoms with Crippen LogP contribution in [0.4, 0.5) is 0 Å². The first-order valence-electron chi connectivity index (χ1n) is 6.86. The molecule has 0 radical (unpaired) electrons. The van der Waals surface area contributed by atoms with Crippen LogP contribution in [0.3, 0.4) is 0 Å². The lowest BCUT2D eigenvalue weighted by Gasteiger charge is -2.10. The van der Waals surface area contributed by atoms with Crippen molar-refractivity contribution in [3.05, 3.63) is 40.6 Å². The van der Waals surface area contributed by atoms with Gasteiger partial charge in [0, 0.05) is 23.1 Å². The average Bonchev–Trinajstić information content (AvgIpc) is 3.04. The lowest BCUT2D eigenvalue weighted by Crippen LogP contribution is -2.29. The van der Waals surface area contributed by atoms with Crippen molar-refractivity contribution in [3.8, 4) is 17.2 Å². The number of rotatable bonds is 8. The molecule has 1 N–H and O–H groups in total. The molecule has 0 aliphatic rings. The van der Waals surface area contributed by atoms with Gasteiger partial charge in [0.15, 0.2) is 0 Å². The Balaban J connectivity index is 1.75. The van der Waals surface area contributed by atoms with E-state index in [-0.39, 0.29) is 5.91 Å². The second-order valence-corrected chi connectivity index (χ2v) is 5.54. The summed E-state index contributed by atoms with van der Waals surface area (Å²) in [6.07, 6.45) is 0.407. The highest BCUT2D eigenvalue weighted by Crippen LogP contribution is 2.27. The zero-order chi connectivity index (χ0) is 15.8. The van der Waals surface area contributed by atoms with Crippen LogP contribution in [0.5, 0.6) is 17.2 Å². The third-order valence-corrected chi connectivity index (χ3v) is 3.81. The molecule has 2 aromatic rings. The number of methoxy groups -OCH3 is 2. The third kappa shape index (κ3) is 4.96. The molecule has 0 aliphatic carbocycles. The summed E-state index contributed by atoms with van der Waals surface area (Å²) in [6, 6.07) is 9.21. The molecule has 1 heterocycles. The number of benzene rings is 1. The number of carbonyl (C=O) groups is 1. The van der Waals surface area contributed by atoms with E-state index in [0.29, 0.717) is 36.8 Å². The van der Waals surface area contributed by atoms with Crippen LogP contribution in [0.25, 0.3) is 0 Å². The van der Waals surface area contributed by atoms with Gasteiger partial charge < -0.3 is 19.5 Å². The molecular formula is C16H19NO4S. The predicted octanol–water partition coefficient (Wildman–Crippen LogP) is 2.50. The van der Waals surface area contributed by atoms with Gasteiger partial charge in [-0.1, -0.05) is 6.07 Å². The summed E-state index contributed by atoms with van der Waals surface area (Å²) in [6.45, 7) is 0.830. The Morgan fingerprint density at radius 3 is 2.41 bits per heavy atom. The van der Waals surface area contributed by atoms with Gasteiger partial charge in [0.25, 0.3) is 0 Å². The summed E-state index contributed by atoms with van der Waals surface area (Å²) in [7, 11) is 3.17. The van der Waals surface area contributed by atoms with Gasteiger partial charge in [-0.25, -0.2) is 0 Å². The van der Waals surface area contributed by atoms with Crippen molar-refractivity contribution in [2.75, 3.05) is 27.4 Å². The molecule has 0 unspecified atom stereocenters. The standard InChI is InChI=1S/C16H19NO4S/c1-19-12-8-13(20-2)10-14(9-12)21-6-5-17-16(18)11-15-4-3-7-22-15/h3-4,7-10H,5-6,11H2,1-2H3,(H,17,18). The SMILES string of the molecule is COc1cc(OC)cc(OCCNC(=O)Cc2cccs2)c1. The number of hydrogen-bond acceptors (Lipinski definition) is 5. The Morgan fingerprint density at radius 1 is 1.14 bits per heavy atom. The Labute approximate surface area is 133 Å². The third-order valence-electron chi connectivity index (χ3n) is 2.93. The van der Waals surface area contributed by atoms with Gasteiger partial charge in [0.2, 0.25) is 5.91 Å². The normalized spacial score (nSPS) is 10.1. The monoisotopic (exact) mass is 321 g/mol. The van der Waals surface area contributed by atoms with Crippen LogP contribution in [0.15, 0.2) is 35.7 Å². The van der Waals surface area contributed by atoms with E-state index in [0.717, 1.165) is 4.88 Å². The maximum atomic E-state index is 11.7. The molecule has 2 rings (SSSR count). The van der Waals surface area contributed by atoms with Gasteiger partial charge in [-0.2, -0.15) is 0 Å². The second kappa shape index (κ2) is 8.29. The minimum absolute atomic E-state index is 0.00530. The van der Waals surface area contributed by atoms with Crippen LogP contribution in [0.1, 0.15) is 4.88 Å². The van der Waals surface area contributed by atoms with Crippen molar-refractivity contribution in [2.45, 2.75) is 6.42 Å². The van der Waals surface area contributed by atoms with Gasteiger partial charge >= 0.3 is 0 Å². The maximum Gasteiger partial charge on any atom is 0.225 e. The van der Waals surface area contributed by atoms with E-state index in [4.69, 9.17) is 14.2 Å². The van der Waals surface area contributed by atoms with Crippen LogP contribution in [0, 0.1) is 0 Å². The number of nitrogens with one attached hydrogen (secondary N) is 1. The highest BCUT2D eigenvalue weighted by molar-refractivity contribution is 7.10. The molecule has 0 saturated carbocycles. The summed E-state index contributed by atoms with van der Waals surface area (Å²) in [5.41, 5.74) is 0. The molecule has 6 heteroatoms. The molecule has 1 aromatic carbocycles. The zero-order valence-corrected chi connectivity index (χ0v) is 13.4. The van der Waals surface area contributed by atoms with Gasteiger partial charge in [-0.3, -0.25) is 4.79 Å². The number of amides is 1. The molecule has 0 spiro atoms. The van der Waals surface area contributed by atoms with Crippen LogP contribution in [-0.2, 0) is 11.2 Å². The summed E-state index contributed by atoms with van der Waals surface area (Å²) < 4.78 is 15.9. The molecule has 1 aromatic heterocycles. The van der Waals surface area contributed by atoms with Crippen LogP contribution in [0.2, 0.25) is 0 Å². The molecule has 0 saturated heterocycles. The number of carbonyl (C=O) groups excluding carboxylic acids is 1. The van der Waals surface area contributed by atoms with Gasteiger partial charge in [-0.15, -0.1) is 11.3 Å². The molecule has 0 fully saturated rings. The molecule has 0 aliphatic heterocycles. The largest absolute Gasteiger partial charge is 0.496 e. The Morgan fingerprint density at radius 2 is 1.82 bits per heavy atom. The summed E-state index contributed by atoms with van der Waals surface area (Å²) in [4.78, 5) is 12.8. The summed E-state index contributed by atoms with van der Waals surface area (Å²) >= 11 is 1.58. The first kappa shape index (κ1) is 16.2. The van der Waals surface area contributed by atoms with E-state index in [9.17, 15) is 4.79 Å². The molecule has 5 nitrogen and oxygen atoms in total. The minimum Gasteiger partial charge on any atom is -0.496 e. The van der Waals surface area contributed by atoms with E-state index in [2.05, 4.69) is 5.32 Å². The Hall–Kier alpha value is -2.21. The molecule has 118 valence electrons. The molecule has 1 amide bonds. The fourth-order valence-corrected chi connectivity index (χ4v) is 2.56. The van der Waals surface area contributed by atoms with Gasteiger partial charge in [0.1, 0.15) is 23.9 Å². The van der Waals surface area contributed by atoms with E-state index in [1.807, 2.05) is 17.5 Å². The Kier molecular flexibility index (Phi) is 6.09. The second-order valence-electron chi connectivity index (χ2n) is 4.50. The van der Waals surface area contributed by atoms with E-state index in [1.165, 1.54) is 0 Å². The van der Waals surface area contributed by atoms with Crippen molar-refractivity contribution in [2.24, 2.45) is 0 Å². The van der Waals surface area contributed by atoms with Crippen LogP contribution in [-0.4, -0.2) is 33.3 Å². The van der Waals surface area contributed by atoms with Crippen molar-refractivity contribution in [3.63, 3.8) is 0 Å². The highest BCUT2D eigenvalue weighted by atomic mass is 32.1. The molecule has 22 heavy (non-hydrogen) atoms. The van der Waals surface area contributed by atoms with Gasteiger partial charge in [-0.05, 0) is 11.4 Å². The van der Waals surface area contributed by atoms with E-state index >= 15 is 0 Å². The topological polar surface area (TPSA) is 56.8 Å². The Bertz CT molecular complexity index is 576. The van der Waals surface area contributed by atoms with Crippen LogP contribution >= 0.6 is 11.3 Å². The average molecular weight is 321 g/mol. The first-order valence-corrected chi connectivity index (χ1v) is 7.74. The lowest BCUT2D eigenvalue weighted by atomic mass is 10.3. The van der Waals surface area contributed by atoms with Crippen molar-refractivity contribution in [1.82, 2.24) is 5.32 Å². The summed E-state index contributed by atoms with van der Waals surface area (Å²) in [5.74, 6) is 1.96. The number of thiophene rings is 1. The fourth-order valence-electron chi connectivity index (χ4n) is 1.86. The molecule has 0 atom stereocenters. The number of hydrogen-bond donors (Lipinski definition) is 1. The van der Waals surface area contributed by atoms with Crippen molar-refractivity contribution in [1.29, 1.82) is 0 Å². The number of ether oxygens (including phenoxy) is 3. The van der Waals surface area contributed by atoms with Crippen molar-refractivity contribution < 1.29 is 19.0 Å². The van der Waals surface area contributed by atoms with E-state index in [1.54, 1.807) is 43.8 Å². The van der Waals surface area contributed by atoms with Gasteiger partial charge in [0.05, 0.1) is 27.2 Å². The maximum absolute atomic E-state index is 11.7. The summed E-state index contributed by atoms with van der Waals surface area (Å²) in [5, 5.41) is 4.79. The minimum atomic E-state index is -0.00530. The quantitative estimate of drug-likeness (QED) is 0.759. The lowest BCUT2D eigenvalue weighted by molar-refractivity contribution is -0.120. The smallest absolute Gasteiger partial charge is 0.225 e. The molecular weight excluding hydrogens is 302 g/mol. The fraction of sp³-hybridized carbons (Fsp3) is 0.312. The molecule has 0 bridgehead atoms. The first-order chi connectivity index (χ1) is 10.7. The van der Waals surface area contributed by atoms with Crippen molar-refractivity contribution >= 4 is 17.2 Å². The van der Waals surface area contributed by atoms with E-state index < -0.39 is 0 Å². The van der Waals surface area contributed by atoms with Crippen LogP contribution < -0.4 is 19.5 Å². The predicted molar refractivity (Wildman–Crippen MR) is 86.1 cm³/mol. The highest BCUT2D eigenvalue weighted by Gasteiger charge is 2.05.